The lowest BCUT2D eigenvalue weighted by atomic mass is 10.0. The molecule has 2 heterocycles. The molecule has 0 bridgehead atoms. The van der Waals surface area contributed by atoms with Gasteiger partial charge in [0.25, 0.3) is 0 Å². The second-order valence-corrected chi connectivity index (χ2v) is 8.46. The van der Waals surface area contributed by atoms with Crippen molar-refractivity contribution in [3.63, 3.8) is 0 Å². The number of ether oxygens (including phenoxy) is 3. The molecule has 0 N–H and O–H groups in total. The highest BCUT2D eigenvalue weighted by molar-refractivity contribution is 7.16. The molecular formula is C25H25NO4S. The van der Waals surface area contributed by atoms with Gasteiger partial charge in [0, 0.05) is 11.1 Å². The van der Waals surface area contributed by atoms with Gasteiger partial charge in [0.05, 0.1) is 6.61 Å². The number of carbonyl (C=O) groups is 1. The summed E-state index contributed by atoms with van der Waals surface area (Å²) in [5.41, 5.74) is 4.80. The van der Waals surface area contributed by atoms with Gasteiger partial charge in [-0.2, -0.15) is 0 Å². The molecule has 0 aliphatic carbocycles. The van der Waals surface area contributed by atoms with E-state index in [1.54, 1.807) is 6.21 Å². The molecule has 160 valence electrons. The van der Waals surface area contributed by atoms with Crippen molar-refractivity contribution in [3.05, 3.63) is 75.2 Å². The Morgan fingerprint density at radius 1 is 1.10 bits per heavy atom. The van der Waals surface area contributed by atoms with Crippen molar-refractivity contribution in [2.45, 2.75) is 33.6 Å². The maximum atomic E-state index is 12.8. The standard InChI is InChI=1S/C25H25NO4S/c1-4-17-6-8-18(9-7-17)14-26-24-23(25(27)28-5-2)20(16(3)31-24)12-19-10-11-21-22(13-19)30-15-29-21/h6-11,13-14H,4-5,12,15H2,1-3H3. The highest BCUT2D eigenvalue weighted by Crippen LogP contribution is 2.39. The predicted octanol–water partition coefficient (Wildman–Crippen LogP) is 5.87. The fraction of sp³-hybridized carbons (Fsp3) is 0.280. The highest BCUT2D eigenvalue weighted by atomic mass is 32.1. The van der Waals surface area contributed by atoms with E-state index in [2.05, 4.69) is 24.0 Å². The zero-order chi connectivity index (χ0) is 21.8. The van der Waals surface area contributed by atoms with Crippen LogP contribution < -0.4 is 9.47 Å². The van der Waals surface area contributed by atoms with E-state index in [4.69, 9.17) is 14.2 Å². The predicted molar refractivity (Wildman–Crippen MR) is 123 cm³/mol. The minimum absolute atomic E-state index is 0.239. The first-order valence-electron chi connectivity index (χ1n) is 10.4. The third-order valence-electron chi connectivity index (χ3n) is 5.21. The largest absolute Gasteiger partial charge is 0.462 e. The molecule has 6 heteroatoms. The Hall–Kier alpha value is -3.12. The Kier molecular flexibility index (Phi) is 6.37. The molecule has 1 aliphatic rings. The van der Waals surface area contributed by atoms with Gasteiger partial charge in [-0.3, -0.25) is 0 Å². The Labute approximate surface area is 186 Å². The Balaban J connectivity index is 1.67. The Morgan fingerprint density at radius 3 is 2.58 bits per heavy atom. The number of hydrogen-bond donors (Lipinski definition) is 0. The molecule has 5 nitrogen and oxygen atoms in total. The zero-order valence-electron chi connectivity index (χ0n) is 17.9. The molecule has 0 radical (unpaired) electrons. The first-order valence-corrected chi connectivity index (χ1v) is 11.2. The number of esters is 1. The molecule has 1 aliphatic heterocycles. The lowest BCUT2D eigenvalue weighted by Crippen LogP contribution is -2.07. The van der Waals surface area contributed by atoms with Crippen LogP contribution in [-0.4, -0.2) is 25.6 Å². The molecule has 4 rings (SSSR count). The van der Waals surface area contributed by atoms with Gasteiger partial charge in [-0.1, -0.05) is 37.3 Å². The van der Waals surface area contributed by atoms with E-state index in [9.17, 15) is 4.79 Å². The molecule has 3 aromatic rings. The van der Waals surface area contributed by atoms with Crippen LogP contribution in [0, 0.1) is 6.92 Å². The smallest absolute Gasteiger partial charge is 0.341 e. The van der Waals surface area contributed by atoms with Crippen molar-refractivity contribution in [1.29, 1.82) is 0 Å². The van der Waals surface area contributed by atoms with E-state index in [-0.39, 0.29) is 12.8 Å². The first-order chi connectivity index (χ1) is 15.1. The number of fused-ring (bicyclic) bond motifs is 1. The normalized spacial score (nSPS) is 12.5. The van der Waals surface area contributed by atoms with Gasteiger partial charge in [-0.15, -0.1) is 11.3 Å². The summed E-state index contributed by atoms with van der Waals surface area (Å²) in [6.45, 7) is 6.52. The number of aryl methyl sites for hydroxylation is 2. The summed E-state index contributed by atoms with van der Waals surface area (Å²) in [5, 5.41) is 0.672. The van der Waals surface area contributed by atoms with Crippen LogP contribution in [0.4, 0.5) is 5.00 Å². The Morgan fingerprint density at radius 2 is 1.84 bits per heavy atom. The summed E-state index contributed by atoms with van der Waals surface area (Å²) in [6.07, 6.45) is 3.39. The molecule has 1 aromatic heterocycles. The van der Waals surface area contributed by atoms with Gasteiger partial charge in [-0.25, -0.2) is 9.79 Å². The number of thiophene rings is 1. The average molecular weight is 436 g/mol. The van der Waals surface area contributed by atoms with Crippen LogP contribution in [0.3, 0.4) is 0 Å². The van der Waals surface area contributed by atoms with Gasteiger partial charge < -0.3 is 14.2 Å². The van der Waals surface area contributed by atoms with Gasteiger partial charge in [0.2, 0.25) is 6.79 Å². The van der Waals surface area contributed by atoms with Crippen LogP contribution in [0.1, 0.15) is 51.3 Å². The quantitative estimate of drug-likeness (QED) is 0.344. The van der Waals surface area contributed by atoms with Crippen LogP contribution in [0.15, 0.2) is 47.5 Å². The number of hydrogen-bond acceptors (Lipinski definition) is 6. The molecule has 0 amide bonds. The van der Waals surface area contributed by atoms with E-state index < -0.39 is 0 Å². The summed E-state index contributed by atoms with van der Waals surface area (Å²) in [7, 11) is 0. The van der Waals surface area contributed by atoms with Crippen molar-refractivity contribution in [2.75, 3.05) is 13.4 Å². The third kappa shape index (κ3) is 4.64. The third-order valence-corrected chi connectivity index (χ3v) is 6.26. The zero-order valence-corrected chi connectivity index (χ0v) is 18.8. The maximum absolute atomic E-state index is 12.8. The fourth-order valence-electron chi connectivity index (χ4n) is 3.51. The summed E-state index contributed by atoms with van der Waals surface area (Å²) < 4.78 is 16.3. The maximum Gasteiger partial charge on any atom is 0.341 e. The molecule has 0 unspecified atom stereocenters. The molecule has 0 saturated heterocycles. The molecule has 31 heavy (non-hydrogen) atoms. The minimum Gasteiger partial charge on any atom is -0.462 e. The van der Waals surface area contributed by atoms with E-state index in [0.717, 1.165) is 39.5 Å². The number of benzene rings is 2. The van der Waals surface area contributed by atoms with Crippen molar-refractivity contribution in [3.8, 4) is 11.5 Å². The number of aliphatic imine (C=N–C) groups is 1. The van der Waals surface area contributed by atoms with E-state index >= 15 is 0 Å². The van der Waals surface area contributed by atoms with Crippen molar-refractivity contribution >= 4 is 28.5 Å². The number of carbonyl (C=O) groups excluding carboxylic acids is 1. The lowest BCUT2D eigenvalue weighted by molar-refractivity contribution is 0.0527. The summed E-state index contributed by atoms with van der Waals surface area (Å²) >= 11 is 1.51. The van der Waals surface area contributed by atoms with Crippen molar-refractivity contribution < 1.29 is 19.0 Å². The van der Waals surface area contributed by atoms with Crippen molar-refractivity contribution in [1.82, 2.24) is 0 Å². The molecule has 0 spiro atoms. The minimum atomic E-state index is -0.337. The van der Waals surface area contributed by atoms with E-state index in [1.807, 2.05) is 44.2 Å². The fourth-order valence-corrected chi connectivity index (χ4v) is 4.51. The Bertz CT molecular complexity index is 1120. The lowest BCUT2D eigenvalue weighted by Gasteiger charge is -2.08. The second-order valence-electron chi connectivity index (χ2n) is 7.26. The molecule has 0 fully saturated rings. The van der Waals surface area contributed by atoms with Gasteiger partial charge in [0.1, 0.15) is 10.6 Å². The van der Waals surface area contributed by atoms with Crippen molar-refractivity contribution in [2.24, 2.45) is 4.99 Å². The average Bonchev–Trinajstić information content (AvgIpc) is 3.37. The van der Waals surface area contributed by atoms with Gasteiger partial charge in [-0.05, 0) is 61.1 Å². The first kappa shape index (κ1) is 21.1. The number of nitrogens with zero attached hydrogens (tertiary/aromatic N) is 1. The van der Waals surface area contributed by atoms with Crippen LogP contribution in [0.5, 0.6) is 11.5 Å². The molecule has 2 aromatic carbocycles. The van der Waals surface area contributed by atoms with Crippen LogP contribution in [0.25, 0.3) is 0 Å². The van der Waals surface area contributed by atoms with Crippen LogP contribution in [0.2, 0.25) is 0 Å². The topological polar surface area (TPSA) is 57.1 Å². The highest BCUT2D eigenvalue weighted by Gasteiger charge is 2.24. The molecule has 0 saturated carbocycles. The SMILES string of the molecule is CCOC(=O)c1c(N=Cc2ccc(CC)cc2)sc(C)c1Cc1ccc2c(c1)OCO2. The summed E-state index contributed by atoms with van der Waals surface area (Å²) in [4.78, 5) is 18.6. The van der Waals surface area contributed by atoms with E-state index in [0.29, 0.717) is 23.6 Å². The summed E-state index contributed by atoms with van der Waals surface area (Å²) in [6, 6.07) is 14.1. The molecule has 0 atom stereocenters. The van der Waals surface area contributed by atoms with Gasteiger partial charge in [0.15, 0.2) is 11.5 Å². The van der Waals surface area contributed by atoms with Gasteiger partial charge >= 0.3 is 5.97 Å². The monoisotopic (exact) mass is 435 g/mol. The number of rotatable bonds is 7. The molecular weight excluding hydrogens is 410 g/mol. The second kappa shape index (κ2) is 9.35. The van der Waals surface area contributed by atoms with Crippen LogP contribution >= 0.6 is 11.3 Å². The van der Waals surface area contributed by atoms with Crippen LogP contribution in [-0.2, 0) is 17.6 Å². The summed E-state index contributed by atoms with van der Waals surface area (Å²) in [5.74, 6) is 1.14. The van der Waals surface area contributed by atoms with E-state index in [1.165, 1.54) is 16.9 Å².